The Morgan fingerprint density at radius 2 is 1.90 bits per heavy atom. The molecule has 2 aliphatic heterocycles. The molecule has 0 atom stereocenters. The third-order valence-electron chi connectivity index (χ3n) is 3.76. The molecule has 2 saturated heterocycles. The molecule has 1 aromatic heterocycles. The fraction of sp³-hybridized carbons (Fsp3) is 0.667. The lowest BCUT2D eigenvalue weighted by Gasteiger charge is -2.36. The lowest BCUT2D eigenvalue weighted by molar-refractivity contribution is -0.179. The van der Waals surface area contributed by atoms with Crippen molar-refractivity contribution in [3.63, 3.8) is 0 Å². The minimum Gasteiger partial charge on any atom is -0.347 e. The molecule has 8 heteroatoms. The average molecular weight is 382 g/mol. The van der Waals surface area contributed by atoms with Crippen molar-refractivity contribution in [3.05, 3.63) is 14.7 Å². The van der Waals surface area contributed by atoms with E-state index < -0.39 is 15.8 Å². The van der Waals surface area contributed by atoms with Gasteiger partial charge >= 0.3 is 0 Å². The van der Waals surface area contributed by atoms with Crippen molar-refractivity contribution in [2.75, 3.05) is 26.3 Å². The number of halogens is 1. The van der Waals surface area contributed by atoms with E-state index in [1.165, 1.54) is 15.6 Å². The molecular weight excluding hydrogens is 366 g/mol. The average Bonchev–Trinajstić information content (AvgIpc) is 2.97. The number of piperidine rings is 1. The maximum absolute atomic E-state index is 12.7. The molecule has 2 aliphatic rings. The minimum atomic E-state index is -3.42. The Bertz CT molecular complexity index is 597. The van der Waals surface area contributed by atoms with Gasteiger partial charge in [0.05, 0.1) is 21.9 Å². The van der Waals surface area contributed by atoms with Gasteiger partial charge in [0, 0.05) is 30.8 Å². The van der Waals surface area contributed by atoms with Gasteiger partial charge in [-0.25, -0.2) is 8.42 Å². The second-order valence-corrected chi connectivity index (χ2v) is 9.52. The summed E-state index contributed by atoms with van der Waals surface area (Å²) in [6, 6.07) is 1.68. The minimum absolute atomic E-state index is 0.401. The van der Waals surface area contributed by atoms with Crippen LogP contribution in [0.4, 0.5) is 0 Å². The van der Waals surface area contributed by atoms with Crippen molar-refractivity contribution in [1.82, 2.24) is 4.31 Å². The van der Waals surface area contributed by atoms with E-state index in [-0.39, 0.29) is 0 Å². The van der Waals surface area contributed by atoms with Gasteiger partial charge in [0.1, 0.15) is 0 Å². The number of thiophene rings is 1. The zero-order chi connectivity index (χ0) is 14.4. The van der Waals surface area contributed by atoms with E-state index in [1.54, 1.807) is 6.07 Å². The Morgan fingerprint density at radius 1 is 1.30 bits per heavy atom. The van der Waals surface area contributed by atoms with Crippen molar-refractivity contribution in [3.8, 4) is 0 Å². The van der Waals surface area contributed by atoms with Crippen molar-refractivity contribution >= 4 is 37.3 Å². The predicted molar refractivity (Wildman–Crippen MR) is 79.4 cm³/mol. The van der Waals surface area contributed by atoms with Gasteiger partial charge in [-0.2, -0.15) is 4.31 Å². The zero-order valence-corrected chi connectivity index (χ0v) is 14.3. The Hall–Kier alpha value is 0.01000. The van der Waals surface area contributed by atoms with Gasteiger partial charge < -0.3 is 9.47 Å². The monoisotopic (exact) mass is 381 g/mol. The summed E-state index contributed by atoms with van der Waals surface area (Å²) in [7, 11) is -3.42. The quantitative estimate of drug-likeness (QED) is 0.788. The molecule has 2 fully saturated rings. The third kappa shape index (κ3) is 2.57. The summed E-state index contributed by atoms with van der Waals surface area (Å²) in [5.74, 6) is -0.545. The van der Waals surface area contributed by atoms with Crippen LogP contribution in [0.15, 0.2) is 14.7 Å². The van der Waals surface area contributed by atoms with Gasteiger partial charge in [-0.05, 0) is 28.9 Å². The summed E-state index contributed by atoms with van der Waals surface area (Å²) in [5.41, 5.74) is 0. The highest BCUT2D eigenvalue weighted by Crippen LogP contribution is 2.36. The van der Waals surface area contributed by atoms with Crippen molar-refractivity contribution < 1.29 is 17.9 Å². The molecule has 0 saturated carbocycles. The van der Waals surface area contributed by atoms with Crippen LogP contribution in [0.5, 0.6) is 0 Å². The number of sulfonamides is 1. The van der Waals surface area contributed by atoms with E-state index in [4.69, 9.17) is 9.47 Å². The molecule has 20 heavy (non-hydrogen) atoms. The van der Waals surface area contributed by atoms with Crippen LogP contribution in [-0.2, 0) is 19.5 Å². The molecule has 112 valence electrons. The normalized spacial score (nSPS) is 23.5. The van der Waals surface area contributed by atoms with Gasteiger partial charge in [0.25, 0.3) is 0 Å². The van der Waals surface area contributed by atoms with Crippen LogP contribution in [0.2, 0.25) is 0 Å². The topological polar surface area (TPSA) is 55.8 Å². The van der Waals surface area contributed by atoms with Crippen molar-refractivity contribution in [2.45, 2.75) is 30.4 Å². The Balaban J connectivity index is 1.78. The molecule has 0 aromatic carbocycles. The summed E-state index contributed by atoms with van der Waals surface area (Å²) in [5, 5.41) is 0. The Morgan fingerprint density at radius 3 is 2.40 bits per heavy atom. The maximum Gasteiger partial charge on any atom is 0.244 e. The van der Waals surface area contributed by atoms with E-state index in [0.29, 0.717) is 44.0 Å². The van der Waals surface area contributed by atoms with Crippen LogP contribution in [0, 0.1) is 6.92 Å². The first-order valence-corrected chi connectivity index (χ1v) is 9.52. The smallest absolute Gasteiger partial charge is 0.244 e. The van der Waals surface area contributed by atoms with E-state index in [2.05, 4.69) is 15.9 Å². The second-order valence-electron chi connectivity index (χ2n) is 4.98. The highest BCUT2D eigenvalue weighted by Gasteiger charge is 2.43. The van der Waals surface area contributed by atoms with Crippen LogP contribution in [0.1, 0.15) is 17.7 Å². The number of rotatable bonds is 2. The highest BCUT2D eigenvalue weighted by atomic mass is 79.9. The summed E-state index contributed by atoms with van der Waals surface area (Å²) in [6.45, 7) is 3.91. The molecule has 0 unspecified atom stereocenters. The van der Waals surface area contributed by atoms with Crippen molar-refractivity contribution in [2.24, 2.45) is 0 Å². The molecule has 5 nitrogen and oxygen atoms in total. The first-order valence-electron chi connectivity index (χ1n) is 6.47. The number of hydrogen-bond acceptors (Lipinski definition) is 5. The number of nitrogens with zero attached hydrogens (tertiary/aromatic N) is 1. The molecule has 0 N–H and O–H groups in total. The molecular formula is C12H16BrNO4S2. The third-order valence-corrected chi connectivity index (χ3v) is 7.47. The van der Waals surface area contributed by atoms with Gasteiger partial charge in [-0.1, -0.05) is 0 Å². The molecule has 1 spiro atoms. The highest BCUT2D eigenvalue weighted by molar-refractivity contribution is 9.11. The predicted octanol–water partition coefficient (Wildman–Crippen LogP) is 2.35. The fourth-order valence-electron chi connectivity index (χ4n) is 2.68. The van der Waals surface area contributed by atoms with E-state index in [9.17, 15) is 8.42 Å². The summed E-state index contributed by atoms with van der Waals surface area (Å²) >= 11 is 4.78. The molecule has 3 heterocycles. The summed E-state index contributed by atoms with van der Waals surface area (Å²) in [6.07, 6.45) is 1.19. The van der Waals surface area contributed by atoms with Gasteiger partial charge in [0.2, 0.25) is 10.0 Å². The molecule has 0 amide bonds. The van der Waals surface area contributed by atoms with E-state index in [0.717, 1.165) is 8.66 Å². The molecule has 0 radical (unpaired) electrons. The SMILES string of the molecule is Cc1sc(Br)cc1S(=O)(=O)N1CCC2(CC1)OCCO2. The zero-order valence-electron chi connectivity index (χ0n) is 11.1. The molecule has 0 aliphatic carbocycles. The molecule has 0 bridgehead atoms. The van der Waals surface area contributed by atoms with Crippen LogP contribution < -0.4 is 0 Å². The summed E-state index contributed by atoms with van der Waals surface area (Å²) < 4.78 is 38.9. The Labute approximate surface area is 131 Å². The van der Waals surface area contributed by atoms with E-state index >= 15 is 0 Å². The van der Waals surface area contributed by atoms with E-state index in [1.807, 2.05) is 6.92 Å². The number of ether oxygens (including phenoxy) is 2. The lowest BCUT2D eigenvalue weighted by Crippen LogP contribution is -2.47. The fourth-order valence-corrected chi connectivity index (χ4v) is 6.50. The first kappa shape index (κ1) is 14.9. The lowest BCUT2D eigenvalue weighted by atomic mass is 10.1. The van der Waals surface area contributed by atoms with Crippen molar-refractivity contribution in [1.29, 1.82) is 0 Å². The van der Waals surface area contributed by atoms with Gasteiger partial charge in [0.15, 0.2) is 5.79 Å². The number of aryl methyl sites for hydroxylation is 1. The first-order chi connectivity index (χ1) is 9.43. The van der Waals surface area contributed by atoms with Crippen LogP contribution in [0.3, 0.4) is 0 Å². The maximum atomic E-state index is 12.7. The van der Waals surface area contributed by atoms with Crippen LogP contribution in [0.25, 0.3) is 0 Å². The largest absolute Gasteiger partial charge is 0.347 e. The van der Waals surface area contributed by atoms with Gasteiger partial charge in [-0.15, -0.1) is 11.3 Å². The van der Waals surface area contributed by atoms with Gasteiger partial charge in [-0.3, -0.25) is 0 Å². The molecule has 3 rings (SSSR count). The number of hydrogen-bond donors (Lipinski definition) is 0. The second kappa shape index (κ2) is 5.33. The standard InChI is InChI=1S/C12H16BrNO4S2/c1-9-10(8-11(13)19-9)20(15,16)14-4-2-12(3-5-14)17-6-7-18-12/h8H,2-7H2,1H3. The van der Waals surface area contributed by atoms with Crippen LogP contribution >= 0.6 is 27.3 Å². The Kier molecular flexibility index (Phi) is 3.98. The van der Waals surface area contributed by atoms with Crippen LogP contribution in [-0.4, -0.2) is 44.8 Å². The molecule has 1 aromatic rings. The summed E-state index contributed by atoms with van der Waals surface area (Å²) in [4.78, 5) is 1.21.